The molecule has 0 aliphatic carbocycles. The van der Waals surface area contributed by atoms with Gasteiger partial charge in [0.25, 0.3) is 0 Å². The third-order valence-electron chi connectivity index (χ3n) is 5.79. The summed E-state index contributed by atoms with van der Waals surface area (Å²) in [5.41, 5.74) is 2.49. The van der Waals surface area contributed by atoms with Crippen LogP contribution in [0.25, 0.3) is 0 Å². The highest BCUT2D eigenvalue weighted by atomic mass is 35.5. The molecule has 2 saturated heterocycles. The summed E-state index contributed by atoms with van der Waals surface area (Å²) in [6.07, 6.45) is 1.30. The highest BCUT2D eigenvalue weighted by Gasteiger charge is 2.30. The molecular weight excluding hydrogens is 402 g/mol. The molecule has 2 aliphatic rings. The van der Waals surface area contributed by atoms with Crippen LogP contribution in [0.15, 0.2) is 48.5 Å². The van der Waals surface area contributed by atoms with Gasteiger partial charge in [-0.15, -0.1) is 0 Å². The summed E-state index contributed by atoms with van der Waals surface area (Å²) in [7, 11) is 0. The normalized spacial score (nSPS) is 20.9. The van der Waals surface area contributed by atoms with E-state index in [1.165, 1.54) is 0 Å². The van der Waals surface area contributed by atoms with Crippen molar-refractivity contribution in [2.75, 3.05) is 36.5 Å². The largest absolute Gasteiger partial charge is 0.371 e. The van der Waals surface area contributed by atoms with Gasteiger partial charge in [0.2, 0.25) is 11.8 Å². The van der Waals surface area contributed by atoms with Gasteiger partial charge in [-0.1, -0.05) is 35.9 Å². The van der Waals surface area contributed by atoms with E-state index in [1.54, 1.807) is 4.90 Å². The zero-order chi connectivity index (χ0) is 21.1. The minimum absolute atomic E-state index is 0.0918. The zero-order valence-corrected chi connectivity index (χ0v) is 17.8. The third-order valence-corrected chi connectivity index (χ3v) is 6.04. The average molecular weight is 428 g/mol. The zero-order valence-electron chi connectivity index (χ0n) is 17.0. The topological polar surface area (TPSA) is 61.9 Å². The van der Waals surface area contributed by atoms with Gasteiger partial charge >= 0.3 is 0 Å². The van der Waals surface area contributed by atoms with Crippen molar-refractivity contribution in [1.82, 2.24) is 4.90 Å². The minimum atomic E-state index is -0.328. The number of amides is 2. The van der Waals surface area contributed by atoms with Crippen LogP contribution in [0.3, 0.4) is 0 Å². The van der Waals surface area contributed by atoms with Crippen molar-refractivity contribution in [2.24, 2.45) is 0 Å². The molecule has 0 unspecified atom stereocenters. The number of nitrogens with one attached hydrogen (secondary N) is 1. The van der Waals surface area contributed by atoms with E-state index < -0.39 is 0 Å². The van der Waals surface area contributed by atoms with E-state index in [0.29, 0.717) is 43.4 Å². The number of ether oxygens (including phenoxy) is 1. The second kappa shape index (κ2) is 9.16. The second-order valence-electron chi connectivity index (χ2n) is 7.74. The van der Waals surface area contributed by atoms with E-state index in [1.807, 2.05) is 55.5 Å². The first kappa shape index (κ1) is 20.8. The van der Waals surface area contributed by atoms with E-state index in [0.717, 1.165) is 17.7 Å². The molecule has 2 atom stereocenters. The number of nitrogens with zero attached hydrogens (tertiary/aromatic N) is 2. The lowest BCUT2D eigenvalue weighted by atomic mass is 10.1. The number of benzene rings is 2. The van der Waals surface area contributed by atoms with Crippen molar-refractivity contribution in [3.8, 4) is 0 Å². The van der Waals surface area contributed by atoms with Crippen LogP contribution in [-0.4, -0.2) is 49.0 Å². The van der Waals surface area contributed by atoms with Gasteiger partial charge in [0.05, 0.1) is 30.1 Å². The molecule has 0 aromatic heterocycles. The summed E-state index contributed by atoms with van der Waals surface area (Å²) in [5, 5.41) is 3.72. The molecule has 2 heterocycles. The Hall–Kier alpha value is -2.41. The lowest BCUT2D eigenvalue weighted by molar-refractivity contribution is -0.124. The first-order valence-corrected chi connectivity index (χ1v) is 10.7. The molecule has 6 nitrogen and oxygen atoms in total. The van der Waals surface area contributed by atoms with Crippen LogP contribution < -0.4 is 10.2 Å². The van der Waals surface area contributed by atoms with Gasteiger partial charge in [0.15, 0.2) is 0 Å². The van der Waals surface area contributed by atoms with Crippen molar-refractivity contribution in [2.45, 2.75) is 31.9 Å². The van der Waals surface area contributed by atoms with Gasteiger partial charge in [-0.3, -0.25) is 14.5 Å². The summed E-state index contributed by atoms with van der Waals surface area (Å²) in [4.78, 5) is 29.1. The quantitative estimate of drug-likeness (QED) is 0.786. The number of morpholine rings is 1. The lowest BCUT2D eigenvalue weighted by Gasteiger charge is -2.36. The molecule has 0 bridgehead atoms. The van der Waals surface area contributed by atoms with Crippen molar-refractivity contribution in [3.63, 3.8) is 0 Å². The van der Waals surface area contributed by atoms with Crippen LogP contribution >= 0.6 is 11.6 Å². The summed E-state index contributed by atoms with van der Waals surface area (Å²) < 4.78 is 5.92. The second-order valence-corrected chi connectivity index (χ2v) is 8.17. The van der Waals surface area contributed by atoms with Gasteiger partial charge in [-0.05, 0) is 43.2 Å². The summed E-state index contributed by atoms with van der Waals surface area (Å²) >= 11 is 5.99. The maximum absolute atomic E-state index is 13.0. The van der Waals surface area contributed by atoms with Crippen LogP contribution in [-0.2, 0) is 14.3 Å². The monoisotopic (exact) mass is 427 g/mol. The number of anilines is 2. The number of hydrogen-bond acceptors (Lipinski definition) is 4. The van der Waals surface area contributed by atoms with E-state index in [4.69, 9.17) is 16.3 Å². The smallest absolute Gasteiger partial charge is 0.241 e. The average Bonchev–Trinajstić information content (AvgIpc) is 3.20. The van der Waals surface area contributed by atoms with Crippen LogP contribution in [0.4, 0.5) is 11.4 Å². The standard InChI is InChI=1S/C23H26ClN3O3/c1-16(26-13-14-30-21(15-26)17-8-10-18(24)11-9-17)23(29)25-19-5-2-3-6-20(19)27-12-4-7-22(27)28/h2-3,5-6,8-11,16,21H,4,7,12-15H2,1H3,(H,25,29)/t16-,21-/m0/s1. The highest BCUT2D eigenvalue weighted by Crippen LogP contribution is 2.30. The molecule has 0 saturated carbocycles. The molecule has 0 radical (unpaired) electrons. The first-order valence-electron chi connectivity index (χ1n) is 10.3. The summed E-state index contributed by atoms with van der Waals surface area (Å²) in [6, 6.07) is 14.8. The van der Waals surface area contributed by atoms with E-state index in [2.05, 4.69) is 10.2 Å². The lowest BCUT2D eigenvalue weighted by Crippen LogP contribution is -2.48. The molecule has 2 aliphatic heterocycles. The molecule has 7 heteroatoms. The van der Waals surface area contributed by atoms with Gasteiger partial charge in [-0.2, -0.15) is 0 Å². The third kappa shape index (κ3) is 4.51. The minimum Gasteiger partial charge on any atom is -0.371 e. The molecule has 2 amide bonds. The highest BCUT2D eigenvalue weighted by molar-refractivity contribution is 6.30. The van der Waals surface area contributed by atoms with Crippen molar-refractivity contribution in [3.05, 3.63) is 59.1 Å². The van der Waals surface area contributed by atoms with Gasteiger partial charge in [0.1, 0.15) is 0 Å². The molecular formula is C23H26ClN3O3. The molecule has 2 aromatic carbocycles. The Kier molecular flexibility index (Phi) is 6.37. The Morgan fingerprint density at radius 1 is 1.17 bits per heavy atom. The Morgan fingerprint density at radius 3 is 2.67 bits per heavy atom. The maximum atomic E-state index is 13.0. The van der Waals surface area contributed by atoms with Crippen LogP contribution in [0.1, 0.15) is 31.4 Å². The van der Waals surface area contributed by atoms with Crippen molar-refractivity contribution >= 4 is 34.8 Å². The number of carbonyl (C=O) groups is 2. The van der Waals surface area contributed by atoms with Gasteiger partial charge < -0.3 is 15.0 Å². The molecule has 4 rings (SSSR count). The predicted octanol–water partition coefficient (Wildman–Crippen LogP) is 3.87. The fraction of sp³-hybridized carbons (Fsp3) is 0.391. The Labute approximate surface area is 181 Å². The van der Waals surface area contributed by atoms with Crippen molar-refractivity contribution < 1.29 is 14.3 Å². The van der Waals surface area contributed by atoms with E-state index >= 15 is 0 Å². The van der Waals surface area contributed by atoms with E-state index in [-0.39, 0.29) is 24.0 Å². The summed E-state index contributed by atoms with van der Waals surface area (Å²) in [6.45, 7) is 4.47. The molecule has 1 N–H and O–H groups in total. The fourth-order valence-corrected chi connectivity index (χ4v) is 4.15. The van der Waals surface area contributed by atoms with Crippen molar-refractivity contribution in [1.29, 1.82) is 0 Å². The van der Waals surface area contributed by atoms with Crippen LogP contribution in [0.2, 0.25) is 5.02 Å². The maximum Gasteiger partial charge on any atom is 0.241 e. The number of carbonyl (C=O) groups excluding carboxylic acids is 2. The van der Waals surface area contributed by atoms with Crippen LogP contribution in [0.5, 0.6) is 0 Å². The van der Waals surface area contributed by atoms with Crippen LogP contribution in [0, 0.1) is 0 Å². The fourth-order valence-electron chi connectivity index (χ4n) is 4.02. The molecule has 30 heavy (non-hydrogen) atoms. The molecule has 0 spiro atoms. The SMILES string of the molecule is C[C@@H](C(=O)Nc1ccccc1N1CCCC1=O)N1CCO[C@H](c2ccc(Cl)cc2)C1. The Morgan fingerprint density at radius 2 is 1.93 bits per heavy atom. The molecule has 2 aromatic rings. The summed E-state index contributed by atoms with van der Waals surface area (Å²) in [5.74, 6) is 0.00888. The number of halogens is 1. The Balaban J connectivity index is 1.44. The predicted molar refractivity (Wildman–Crippen MR) is 118 cm³/mol. The first-order chi connectivity index (χ1) is 14.5. The molecule has 158 valence electrons. The number of para-hydroxylation sites is 2. The Bertz CT molecular complexity index is 918. The van der Waals surface area contributed by atoms with E-state index in [9.17, 15) is 9.59 Å². The van der Waals surface area contributed by atoms with Gasteiger partial charge in [0, 0.05) is 31.1 Å². The van der Waals surface area contributed by atoms with Gasteiger partial charge in [-0.25, -0.2) is 0 Å². The number of rotatable bonds is 5. The number of hydrogen-bond donors (Lipinski definition) is 1. The molecule has 2 fully saturated rings.